The van der Waals surface area contributed by atoms with Crippen LogP contribution in [-0.2, 0) is 11.3 Å². The molecule has 1 fully saturated rings. The highest BCUT2D eigenvalue weighted by Crippen LogP contribution is 2.31. The maximum atomic E-state index is 13.8. The fourth-order valence-corrected chi connectivity index (χ4v) is 2.96. The molecular formula is C16H17F2N3O2. The van der Waals surface area contributed by atoms with E-state index in [9.17, 15) is 13.6 Å². The van der Waals surface area contributed by atoms with Crippen LogP contribution in [0.4, 0.5) is 8.78 Å². The summed E-state index contributed by atoms with van der Waals surface area (Å²) in [5.74, 6) is -5.21. The number of carboxylic acids is 1. The van der Waals surface area contributed by atoms with Gasteiger partial charge in [-0.2, -0.15) is 5.10 Å². The number of para-hydroxylation sites is 1. The van der Waals surface area contributed by atoms with Gasteiger partial charge in [-0.1, -0.05) is 18.2 Å². The summed E-state index contributed by atoms with van der Waals surface area (Å²) < 4.78 is 29.3. The Labute approximate surface area is 132 Å². The first kappa shape index (κ1) is 15.6. The molecule has 1 aromatic heterocycles. The molecule has 0 bridgehead atoms. The summed E-state index contributed by atoms with van der Waals surface area (Å²) in [7, 11) is 0. The van der Waals surface area contributed by atoms with E-state index in [2.05, 4.69) is 5.10 Å². The molecule has 0 aliphatic carbocycles. The summed E-state index contributed by atoms with van der Waals surface area (Å²) in [6.07, 6.45) is 1.01. The average Bonchev–Trinajstić information content (AvgIpc) is 2.94. The fourth-order valence-electron chi connectivity index (χ4n) is 2.96. The summed E-state index contributed by atoms with van der Waals surface area (Å²) in [5, 5.41) is 13.3. The Hall–Kier alpha value is -2.28. The molecule has 23 heavy (non-hydrogen) atoms. The predicted octanol–water partition coefficient (Wildman–Crippen LogP) is 2.41. The summed E-state index contributed by atoms with van der Waals surface area (Å²) >= 11 is 0. The summed E-state index contributed by atoms with van der Waals surface area (Å²) in [6.45, 7) is -0.0874. The van der Waals surface area contributed by atoms with Crippen molar-refractivity contribution >= 4 is 5.97 Å². The number of carboxylic acid groups (broad SMARTS) is 1. The SMILES string of the molecule is O=C(O)C1CN(Cc2ccnn2-c2ccccc2)CC(F)(F)C1. The van der Waals surface area contributed by atoms with Crippen molar-refractivity contribution in [2.24, 2.45) is 5.92 Å². The number of halogens is 2. The van der Waals surface area contributed by atoms with Crippen LogP contribution in [0.2, 0.25) is 0 Å². The van der Waals surface area contributed by atoms with Crippen molar-refractivity contribution in [3.8, 4) is 5.69 Å². The molecule has 1 N–H and O–H groups in total. The van der Waals surface area contributed by atoms with Crippen LogP contribution in [0.1, 0.15) is 12.1 Å². The first-order valence-corrected chi connectivity index (χ1v) is 7.36. The van der Waals surface area contributed by atoms with Gasteiger partial charge in [0.2, 0.25) is 0 Å². The number of rotatable bonds is 4. The third-order valence-electron chi connectivity index (χ3n) is 3.94. The molecule has 0 radical (unpaired) electrons. The topological polar surface area (TPSA) is 58.4 Å². The van der Waals surface area contributed by atoms with Crippen LogP contribution in [0.5, 0.6) is 0 Å². The molecule has 1 saturated heterocycles. The maximum Gasteiger partial charge on any atom is 0.308 e. The van der Waals surface area contributed by atoms with Crippen LogP contribution >= 0.6 is 0 Å². The Balaban J connectivity index is 1.80. The Kier molecular flexibility index (Phi) is 4.12. The van der Waals surface area contributed by atoms with Crippen LogP contribution in [0.15, 0.2) is 42.6 Å². The molecule has 2 heterocycles. The molecule has 0 spiro atoms. The molecule has 0 amide bonds. The standard InChI is InChI=1S/C16H17F2N3O2/c17-16(18)8-12(15(22)23)9-20(11-16)10-14-6-7-19-21(14)13-4-2-1-3-5-13/h1-7,12H,8-11H2,(H,22,23). The summed E-state index contributed by atoms with van der Waals surface area (Å²) in [5.41, 5.74) is 1.59. The normalized spacial score (nSPS) is 21.2. The number of piperidine rings is 1. The second kappa shape index (κ2) is 6.08. The van der Waals surface area contributed by atoms with Crippen molar-refractivity contribution in [1.82, 2.24) is 14.7 Å². The van der Waals surface area contributed by atoms with E-state index >= 15 is 0 Å². The smallest absolute Gasteiger partial charge is 0.308 e. The third-order valence-corrected chi connectivity index (χ3v) is 3.94. The number of aromatic nitrogens is 2. The highest BCUT2D eigenvalue weighted by molar-refractivity contribution is 5.70. The Morgan fingerprint density at radius 2 is 2.04 bits per heavy atom. The van der Waals surface area contributed by atoms with Gasteiger partial charge in [-0.25, -0.2) is 13.5 Å². The zero-order valence-electron chi connectivity index (χ0n) is 12.4. The second-order valence-electron chi connectivity index (χ2n) is 5.83. The molecule has 1 aliphatic heterocycles. The van der Waals surface area contributed by atoms with E-state index in [1.165, 1.54) is 4.90 Å². The molecule has 1 unspecified atom stereocenters. The highest BCUT2D eigenvalue weighted by Gasteiger charge is 2.43. The number of alkyl halides is 2. The molecule has 2 aromatic rings. The number of likely N-dealkylation sites (tertiary alicyclic amines) is 1. The number of nitrogens with zero attached hydrogens (tertiary/aromatic N) is 3. The van der Waals surface area contributed by atoms with E-state index in [0.29, 0.717) is 0 Å². The first-order valence-electron chi connectivity index (χ1n) is 7.36. The molecule has 3 rings (SSSR count). The quantitative estimate of drug-likeness (QED) is 0.939. The van der Waals surface area contributed by atoms with Crippen LogP contribution in [0.25, 0.3) is 5.69 Å². The largest absolute Gasteiger partial charge is 0.481 e. The van der Waals surface area contributed by atoms with Gasteiger partial charge in [0.15, 0.2) is 0 Å². The van der Waals surface area contributed by atoms with Crippen molar-refractivity contribution in [3.05, 3.63) is 48.3 Å². The van der Waals surface area contributed by atoms with Gasteiger partial charge >= 0.3 is 5.97 Å². The Bertz CT molecular complexity index is 688. The van der Waals surface area contributed by atoms with Crippen LogP contribution in [0, 0.1) is 5.92 Å². The lowest BCUT2D eigenvalue weighted by Crippen LogP contribution is -2.48. The minimum Gasteiger partial charge on any atom is -0.481 e. The van der Waals surface area contributed by atoms with Crippen molar-refractivity contribution < 1.29 is 18.7 Å². The van der Waals surface area contributed by atoms with E-state index < -0.39 is 30.8 Å². The van der Waals surface area contributed by atoms with Gasteiger partial charge in [-0.15, -0.1) is 0 Å². The Morgan fingerprint density at radius 1 is 1.30 bits per heavy atom. The Morgan fingerprint density at radius 3 is 2.74 bits per heavy atom. The third kappa shape index (κ3) is 3.56. The van der Waals surface area contributed by atoms with E-state index in [1.54, 1.807) is 16.9 Å². The number of carbonyl (C=O) groups is 1. The molecule has 0 saturated carbocycles. The average molecular weight is 321 g/mol. The van der Waals surface area contributed by atoms with Gasteiger partial charge in [0.25, 0.3) is 5.92 Å². The molecule has 1 aromatic carbocycles. The number of hydrogen-bond acceptors (Lipinski definition) is 3. The van der Waals surface area contributed by atoms with Gasteiger partial charge in [-0.3, -0.25) is 9.69 Å². The van der Waals surface area contributed by atoms with Crippen LogP contribution in [-0.4, -0.2) is 44.8 Å². The van der Waals surface area contributed by atoms with Crippen LogP contribution in [0.3, 0.4) is 0 Å². The second-order valence-corrected chi connectivity index (χ2v) is 5.83. The van der Waals surface area contributed by atoms with Gasteiger partial charge in [-0.05, 0) is 18.2 Å². The zero-order valence-corrected chi connectivity index (χ0v) is 12.4. The van der Waals surface area contributed by atoms with Gasteiger partial charge < -0.3 is 5.11 Å². The first-order chi connectivity index (χ1) is 10.9. The molecular weight excluding hydrogens is 304 g/mol. The number of benzene rings is 1. The van der Waals surface area contributed by atoms with E-state index in [-0.39, 0.29) is 13.1 Å². The van der Waals surface area contributed by atoms with Gasteiger partial charge in [0, 0.05) is 25.7 Å². The van der Waals surface area contributed by atoms with Crippen molar-refractivity contribution in [1.29, 1.82) is 0 Å². The summed E-state index contributed by atoms with van der Waals surface area (Å²) in [6, 6.07) is 11.1. The lowest BCUT2D eigenvalue weighted by Gasteiger charge is -2.35. The van der Waals surface area contributed by atoms with E-state index in [4.69, 9.17) is 5.11 Å². The predicted molar refractivity (Wildman–Crippen MR) is 79.5 cm³/mol. The molecule has 1 aliphatic rings. The van der Waals surface area contributed by atoms with Gasteiger partial charge in [0.05, 0.1) is 23.8 Å². The number of aliphatic carboxylic acids is 1. The molecule has 5 nitrogen and oxygen atoms in total. The lowest BCUT2D eigenvalue weighted by molar-refractivity contribution is -0.153. The lowest BCUT2D eigenvalue weighted by atomic mass is 9.95. The van der Waals surface area contributed by atoms with E-state index in [1.807, 2.05) is 30.3 Å². The summed E-state index contributed by atoms with van der Waals surface area (Å²) in [4.78, 5) is 12.6. The van der Waals surface area contributed by atoms with E-state index in [0.717, 1.165) is 11.4 Å². The molecule has 1 atom stereocenters. The highest BCUT2D eigenvalue weighted by atomic mass is 19.3. The van der Waals surface area contributed by atoms with Crippen LogP contribution < -0.4 is 0 Å². The number of hydrogen-bond donors (Lipinski definition) is 1. The minimum atomic E-state index is -2.99. The van der Waals surface area contributed by atoms with Gasteiger partial charge in [0.1, 0.15) is 0 Å². The monoisotopic (exact) mass is 321 g/mol. The maximum absolute atomic E-state index is 13.8. The zero-order chi connectivity index (χ0) is 16.4. The molecule has 122 valence electrons. The molecule has 7 heteroatoms. The van der Waals surface area contributed by atoms with Crippen molar-refractivity contribution in [3.63, 3.8) is 0 Å². The van der Waals surface area contributed by atoms with Crippen molar-refractivity contribution in [2.75, 3.05) is 13.1 Å². The minimum absolute atomic E-state index is 0.116. The fraction of sp³-hybridized carbons (Fsp3) is 0.375. The van der Waals surface area contributed by atoms with Crippen molar-refractivity contribution in [2.45, 2.75) is 18.9 Å².